The van der Waals surface area contributed by atoms with Gasteiger partial charge in [-0.2, -0.15) is 0 Å². The monoisotopic (exact) mass is 548 g/mol. The van der Waals surface area contributed by atoms with Crippen molar-refractivity contribution in [1.29, 1.82) is 0 Å². The first kappa shape index (κ1) is 26.6. The average Bonchev–Trinajstić information content (AvgIpc) is 3.46. The molecular formula is C23H45IN6O. The van der Waals surface area contributed by atoms with Crippen molar-refractivity contribution in [3.05, 3.63) is 0 Å². The number of guanidine groups is 1. The first-order valence-electron chi connectivity index (χ1n) is 12.5. The number of aliphatic imine (C=N–C) groups is 1. The summed E-state index contributed by atoms with van der Waals surface area (Å²) in [6, 6.07) is 0.322. The van der Waals surface area contributed by atoms with Gasteiger partial charge >= 0.3 is 0 Å². The number of carbonyl (C=O) groups is 1. The summed E-state index contributed by atoms with van der Waals surface area (Å²) in [4.78, 5) is 24.7. The molecule has 1 saturated carbocycles. The van der Waals surface area contributed by atoms with Crippen molar-refractivity contribution in [2.45, 2.75) is 64.8 Å². The number of unbranched alkanes of at least 4 members (excludes halogenated alkanes) is 1. The average molecular weight is 549 g/mol. The van der Waals surface area contributed by atoms with E-state index in [-0.39, 0.29) is 29.9 Å². The molecule has 0 aromatic rings. The first-order valence-corrected chi connectivity index (χ1v) is 12.5. The Morgan fingerprint density at radius 1 is 0.968 bits per heavy atom. The van der Waals surface area contributed by atoms with E-state index in [2.05, 4.69) is 39.2 Å². The molecule has 1 unspecified atom stereocenters. The molecule has 0 aromatic heterocycles. The largest absolute Gasteiger partial charge is 0.357 e. The third-order valence-corrected chi connectivity index (χ3v) is 6.95. The summed E-state index contributed by atoms with van der Waals surface area (Å²) in [7, 11) is 0. The number of hydrogen-bond donors (Lipinski definition) is 2. The second kappa shape index (κ2) is 14.5. The quantitative estimate of drug-likeness (QED) is 0.201. The number of nitrogens with one attached hydrogen (secondary N) is 2. The molecule has 3 aliphatic rings. The molecule has 7 nitrogen and oxygen atoms in total. The Morgan fingerprint density at radius 2 is 1.68 bits per heavy atom. The molecule has 2 heterocycles. The van der Waals surface area contributed by atoms with Crippen LogP contribution >= 0.6 is 24.0 Å². The van der Waals surface area contributed by atoms with E-state index >= 15 is 0 Å². The van der Waals surface area contributed by atoms with E-state index in [1.807, 2.05) is 0 Å². The highest BCUT2D eigenvalue weighted by Gasteiger charge is 2.32. The van der Waals surface area contributed by atoms with Crippen LogP contribution in [0.5, 0.6) is 0 Å². The van der Waals surface area contributed by atoms with Crippen molar-refractivity contribution >= 4 is 35.8 Å². The van der Waals surface area contributed by atoms with Gasteiger partial charge in [-0.05, 0) is 52.1 Å². The third-order valence-electron chi connectivity index (χ3n) is 6.95. The van der Waals surface area contributed by atoms with Crippen molar-refractivity contribution < 1.29 is 4.79 Å². The molecule has 0 spiro atoms. The van der Waals surface area contributed by atoms with Crippen LogP contribution in [0.15, 0.2) is 4.99 Å². The molecule has 3 rings (SSSR count). The van der Waals surface area contributed by atoms with Gasteiger partial charge < -0.3 is 25.3 Å². The van der Waals surface area contributed by atoms with Gasteiger partial charge in [-0.3, -0.25) is 9.79 Å². The summed E-state index contributed by atoms with van der Waals surface area (Å²) in [6.45, 7) is 15.0. The molecule has 31 heavy (non-hydrogen) atoms. The lowest BCUT2D eigenvalue weighted by Gasteiger charge is -2.33. The van der Waals surface area contributed by atoms with Crippen LogP contribution in [0.4, 0.5) is 0 Å². The minimum atomic E-state index is 0. The maximum Gasteiger partial charge on any atom is 0.225 e. The summed E-state index contributed by atoms with van der Waals surface area (Å²) in [6.07, 6.45) is 7.98. The van der Waals surface area contributed by atoms with E-state index in [1.54, 1.807) is 0 Å². The topological polar surface area (TPSA) is 63.2 Å². The maximum absolute atomic E-state index is 12.7. The Morgan fingerprint density at radius 3 is 2.35 bits per heavy atom. The van der Waals surface area contributed by atoms with Gasteiger partial charge in [0.1, 0.15) is 0 Å². The Labute approximate surface area is 206 Å². The number of carbonyl (C=O) groups excluding carboxylic acids is 1. The van der Waals surface area contributed by atoms with Gasteiger partial charge in [-0.1, -0.05) is 19.8 Å². The van der Waals surface area contributed by atoms with Crippen molar-refractivity contribution in [3.8, 4) is 0 Å². The number of amides is 1. The number of likely N-dealkylation sites (tertiary alicyclic amines) is 1. The lowest BCUT2D eigenvalue weighted by atomic mass is 10.1. The molecule has 8 heteroatoms. The molecule has 1 aliphatic carbocycles. The minimum Gasteiger partial charge on any atom is -0.357 e. The molecule has 2 N–H and O–H groups in total. The highest BCUT2D eigenvalue weighted by atomic mass is 127. The number of nitrogens with zero attached hydrogens (tertiary/aromatic N) is 4. The zero-order valence-electron chi connectivity index (χ0n) is 19.8. The second-order valence-corrected chi connectivity index (χ2v) is 9.14. The Kier molecular flexibility index (Phi) is 12.5. The van der Waals surface area contributed by atoms with Crippen LogP contribution in [0.1, 0.15) is 58.8 Å². The fourth-order valence-corrected chi connectivity index (χ4v) is 4.99. The highest BCUT2D eigenvalue weighted by Crippen LogP contribution is 2.27. The van der Waals surface area contributed by atoms with E-state index < -0.39 is 0 Å². The van der Waals surface area contributed by atoms with Crippen molar-refractivity contribution in [1.82, 2.24) is 25.3 Å². The van der Waals surface area contributed by atoms with Gasteiger partial charge in [0.2, 0.25) is 5.91 Å². The number of hydrogen-bond acceptors (Lipinski definition) is 4. The molecule has 1 amide bonds. The Bertz CT molecular complexity index is 546. The van der Waals surface area contributed by atoms with Gasteiger partial charge in [-0.25, -0.2) is 0 Å². The summed E-state index contributed by atoms with van der Waals surface area (Å²) in [5, 5.41) is 6.95. The lowest BCUT2D eigenvalue weighted by Crippen LogP contribution is -2.46. The number of likely N-dealkylation sites (N-methyl/N-ethyl adjacent to an activating group) is 1. The number of halogens is 1. The van der Waals surface area contributed by atoms with Gasteiger partial charge in [-0.15, -0.1) is 24.0 Å². The predicted molar refractivity (Wildman–Crippen MR) is 139 cm³/mol. The standard InChI is InChI=1S/C23H44N6O.HI/c1-3-24-23(25-12-7-8-13-28-17-15-27(4-2)16-18-28)26-21-11-14-29(19-21)22(30)20-9-5-6-10-20;/h20-21H,3-19H2,1-2H3,(H2,24,25,26);1H. The van der Waals surface area contributed by atoms with Crippen LogP contribution in [0.3, 0.4) is 0 Å². The fraction of sp³-hybridized carbons (Fsp3) is 0.913. The normalized spacial score (nSPS) is 23.7. The minimum absolute atomic E-state index is 0. The smallest absolute Gasteiger partial charge is 0.225 e. The number of piperazine rings is 1. The van der Waals surface area contributed by atoms with Crippen LogP contribution in [0.2, 0.25) is 0 Å². The van der Waals surface area contributed by atoms with Crippen LogP contribution in [0.25, 0.3) is 0 Å². The fourth-order valence-electron chi connectivity index (χ4n) is 4.99. The van der Waals surface area contributed by atoms with E-state index in [9.17, 15) is 4.79 Å². The lowest BCUT2D eigenvalue weighted by molar-refractivity contribution is -0.134. The van der Waals surface area contributed by atoms with Crippen LogP contribution in [0, 0.1) is 5.92 Å². The SMILES string of the molecule is CCNC(=NCCCCN1CCN(CC)CC1)NC1CCN(C(=O)C2CCCC2)C1.I. The summed E-state index contributed by atoms with van der Waals surface area (Å²) in [5.74, 6) is 1.59. The molecule has 2 aliphatic heterocycles. The van der Waals surface area contributed by atoms with E-state index in [4.69, 9.17) is 4.99 Å². The second-order valence-electron chi connectivity index (χ2n) is 9.14. The summed E-state index contributed by atoms with van der Waals surface area (Å²) >= 11 is 0. The molecule has 2 saturated heterocycles. The van der Waals surface area contributed by atoms with E-state index in [0.717, 1.165) is 57.8 Å². The molecule has 180 valence electrons. The van der Waals surface area contributed by atoms with Gasteiger partial charge in [0, 0.05) is 64.3 Å². The van der Waals surface area contributed by atoms with Crippen molar-refractivity contribution in [2.24, 2.45) is 10.9 Å². The van der Waals surface area contributed by atoms with Gasteiger partial charge in [0.05, 0.1) is 0 Å². The van der Waals surface area contributed by atoms with Crippen LogP contribution < -0.4 is 10.6 Å². The zero-order valence-corrected chi connectivity index (χ0v) is 22.1. The van der Waals surface area contributed by atoms with Crippen LogP contribution in [-0.2, 0) is 4.79 Å². The zero-order chi connectivity index (χ0) is 21.2. The first-order chi connectivity index (χ1) is 14.7. The van der Waals surface area contributed by atoms with E-state index in [1.165, 1.54) is 58.5 Å². The summed E-state index contributed by atoms with van der Waals surface area (Å²) < 4.78 is 0. The van der Waals surface area contributed by atoms with Crippen molar-refractivity contribution in [2.75, 3.05) is 65.4 Å². The van der Waals surface area contributed by atoms with Crippen LogP contribution in [-0.4, -0.2) is 98.1 Å². The Hall–Kier alpha value is -0.610. The highest BCUT2D eigenvalue weighted by molar-refractivity contribution is 14.0. The van der Waals surface area contributed by atoms with Crippen molar-refractivity contribution in [3.63, 3.8) is 0 Å². The van der Waals surface area contributed by atoms with Gasteiger partial charge in [0.25, 0.3) is 0 Å². The molecule has 0 aromatic carbocycles. The molecule has 0 radical (unpaired) electrons. The molecule has 3 fully saturated rings. The van der Waals surface area contributed by atoms with Gasteiger partial charge in [0.15, 0.2) is 5.96 Å². The molecular weight excluding hydrogens is 503 g/mol. The Balaban J connectivity index is 0.00000341. The van der Waals surface area contributed by atoms with E-state index in [0.29, 0.717) is 11.9 Å². The third kappa shape index (κ3) is 8.68. The predicted octanol–water partition coefficient (Wildman–Crippen LogP) is 2.37. The molecule has 1 atom stereocenters. The maximum atomic E-state index is 12.7. The number of rotatable bonds is 9. The molecule has 0 bridgehead atoms. The summed E-state index contributed by atoms with van der Waals surface area (Å²) in [5.41, 5.74) is 0.